The molecule has 0 amide bonds. The van der Waals surface area contributed by atoms with Crippen LogP contribution in [0.4, 0.5) is 0 Å². The zero-order valence-corrected chi connectivity index (χ0v) is 8.87. The second kappa shape index (κ2) is 3.18. The lowest BCUT2D eigenvalue weighted by molar-refractivity contribution is 0.0699. The molecule has 0 unspecified atom stereocenters. The number of carboxylic acids is 1. The van der Waals surface area contributed by atoms with Crippen molar-refractivity contribution >= 4 is 43.8 Å². The molecule has 0 atom stereocenters. The molecule has 0 saturated heterocycles. The molecule has 72 valence electrons. The van der Waals surface area contributed by atoms with Crippen molar-refractivity contribution in [3.63, 3.8) is 0 Å². The van der Waals surface area contributed by atoms with E-state index in [2.05, 4.69) is 0 Å². The molecule has 0 spiro atoms. The Kier molecular flexibility index (Phi) is 2.13. The molecule has 0 aliphatic rings. The summed E-state index contributed by atoms with van der Waals surface area (Å²) in [6.07, 6.45) is 0. The fourth-order valence-electron chi connectivity index (χ4n) is 1.15. The number of aromatic carboxylic acids is 1. The number of fused-ring (bicyclic) bond motifs is 1. The van der Waals surface area contributed by atoms with E-state index in [9.17, 15) is 9.59 Å². The van der Waals surface area contributed by atoms with E-state index in [4.69, 9.17) is 5.11 Å². The number of hydrogen-bond donors (Lipinski definition) is 1. The molecule has 5 heteroatoms. The molecule has 2 rings (SSSR count). The molecule has 2 aromatic heterocycles. The predicted molar refractivity (Wildman–Crippen MR) is 56.7 cm³/mol. The van der Waals surface area contributed by atoms with Gasteiger partial charge in [0.05, 0.1) is 15.1 Å². The van der Waals surface area contributed by atoms with Gasteiger partial charge in [0.2, 0.25) is 0 Å². The normalized spacial score (nSPS) is 10.6. The Bertz CT molecular complexity index is 521. The number of hydrogen-bond acceptors (Lipinski definition) is 4. The van der Waals surface area contributed by atoms with E-state index in [1.54, 1.807) is 11.4 Å². The number of rotatable bonds is 2. The van der Waals surface area contributed by atoms with Gasteiger partial charge >= 0.3 is 5.97 Å². The van der Waals surface area contributed by atoms with Gasteiger partial charge in [0.1, 0.15) is 0 Å². The van der Waals surface area contributed by atoms with Gasteiger partial charge in [-0.1, -0.05) is 0 Å². The first-order valence-electron chi connectivity index (χ1n) is 3.85. The molecule has 0 fully saturated rings. The van der Waals surface area contributed by atoms with Crippen LogP contribution < -0.4 is 0 Å². The molecule has 14 heavy (non-hydrogen) atoms. The van der Waals surface area contributed by atoms with Crippen LogP contribution in [-0.2, 0) is 0 Å². The lowest BCUT2D eigenvalue weighted by Crippen LogP contribution is -1.92. The molecule has 2 aromatic rings. The monoisotopic (exact) mass is 226 g/mol. The van der Waals surface area contributed by atoms with E-state index < -0.39 is 5.97 Å². The molecule has 0 radical (unpaired) electrons. The molecule has 3 nitrogen and oxygen atoms in total. The summed E-state index contributed by atoms with van der Waals surface area (Å²) in [5.41, 5.74) is 0.294. The Morgan fingerprint density at radius 2 is 2.14 bits per heavy atom. The van der Waals surface area contributed by atoms with Crippen LogP contribution in [0.2, 0.25) is 0 Å². The standard InChI is InChI=1S/C9H6O3S2/c1-4(10)6-2-7-8(14-6)5(3-13-7)9(11)12/h2-3H,1H3,(H,11,12). The third kappa shape index (κ3) is 1.34. The van der Waals surface area contributed by atoms with Crippen LogP contribution in [0.5, 0.6) is 0 Å². The van der Waals surface area contributed by atoms with Gasteiger partial charge in [-0.2, -0.15) is 0 Å². The highest BCUT2D eigenvalue weighted by molar-refractivity contribution is 7.28. The van der Waals surface area contributed by atoms with Crippen molar-refractivity contribution in [1.82, 2.24) is 0 Å². The minimum absolute atomic E-state index is 0.0188. The number of carbonyl (C=O) groups excluding carboxylic acids is 1. The van der Waals surface area contributed by atoms with Crippen LogP contribution in [0.25, 0.3) is 9.40 Å². The number of Topliss-reactive ketones (excluding diaryl/α,β-unsaturated/α-hetero) is 1. The Morgan fingerprint density at radius 3 is 2.71 bits per heavy atom. The van der Waals surface area contributed by atoms with Crippen molar-refractivity contribution in [3.05, 3.63) is 21.9 Å². The van der Waals surface area contributed by atoms with Crippen molar-refractivity contribution in [2.45, 2.75) is 6.92 Å². The van der Waals surface area contributed by atoms with Gasteiger partial charge in [-0.3, -0.25) is 4.79 Å². The second-order valence-corrected chi connectivity index (χ2v) is 4.78. The first-order valence-corrected chi connectivity index (χ1v) is 5.54. The SMILES string of the molecule is CC(=O)c1cc2scc(C(=O)O)c2s1. The maximum absolute atomic E-state index is 11.1. The van der Waals surface area contributed by atoms with Crippen LogP contribution in [0.3, 0.4) is 0 Å². The molecule has 1 N–H and O–H groups in total. The van der Waals surface area contributed by atoms with Crippen LogP contribution in [-0.4, -0.2) is 16.9 Å². The third-order valence-corrected chi connectivity index (χ3v) is 4.15. The van der Waals surface area contributed by atoms with Crippen molar-refractivity contribution in [1.29, 1.82) is 0 Å². The fourth-order valence-corrected chi connectivity index (χ4v) is 3.39. The van der Waals surface area contributed by atoms with Gasteiger partial charge in [0.25, 0.3) is 0 Å². The molecule has 2 heterocycles. The zero-order valence-electron chi connectivity index (χ0n) is 7.23. The topological polar surface area (TPSA) is 54.4 Å². The molecule has 0 aliphatic carbocycles. The van der Waals surface area contributed by atoms with Crippen molar-refractivity contribution < 1.29 is 14.7 Å². The van der Waals surface area contributed by atoms with E-state index >= 15 is 0 Å². The van der Waals surface area contributed by atoms with E-state index in [0.717, 1.165) is 4.70 Å². The highest BCUT2D eigenvalue weighted by Gasteiger charge is 2.15. The summed E-state index contributed by atoms with van der Waals surface area (Å²) in [7, 11) is 0. The van der Waals surface area contributed by atoms with Gasteiger partial charge in [-0.05, 0) is 13.0 Å². The molecular weight excluding hydrogens is 220 g/mol. The van der Waals surface area contributed by atoms with E-state index in [-0.39, 0.29) is 5.78 Å². The summed E-state index contributed by atoms with van der Waals surface area (Å²) in [5, 5.41) is 10.5. The van der Waals surface area contributed by atoms with Crippen LogP contribution >= 0.6 is 22.7 Å². The average molecular weight is 226 g/mol. The van der Waals surface area contributed by atoms with Crippen LogP contribution in [0, 0.1) is 0 Å². The summed E-state index contributed by atoms with van der Waals surface area (Å²) in [4.78, 5) is 22.5. The van der Waals surface area contributed by atoms with Gasteiger partial charge in [0, 0.05) is 10.1 Å². The average Bonchev–Trinajstić information content (AvgIpc) is 2.58. The second-order valence-electron chi connectivity index (χ2n) is 2.81. The molecule has 0 saturated carbocycles. The number of ketones is 1. The van der Waals surface area contributed by atoms with Gasteiger partial charge in [-0.15, -0.1) is 22.7 Å². The Balaban J connectivity index is 2.67. The Labute approximate surface area is 87.6 Å². The van der Waals surface area contributed by atoms with Crippen LogP contribution in [0.15, 0.2) is 11.4 Å². The maximum atomic E-state index is 11.1. The summed E-state index contributed by atoms with van der Waals surface area (Å²) >= 11 is 2.60. The van der Waals surface area contributed by atoms with E-state index in [1.807, 2.05) is 0 Å². The smallest absolute Gasteiger partial charge is 0.338 e. The summed E-state index contributed by atoms with van der Waals surface area (Å²) < 4.78 is 1.57. The maximum Gasteiger partial charge on any atom is 0.338 e. The number of thiophene rings is 2. The number of carbonyl (C=O) groups is 2. The summed E-state index contributed by atoms with van der Waals surface area (Å²) in [5.74, 6) is -0.956. The highest BCUT2D eigenvalue weighted by Crippen LogP contribution is 2.34. The highest BCUT2D eigenvalue weighted by atomic mass is 32.1. The van der Waals surface area contributed by atoms with Gasteiger partial charge in [0.15, 0.2) is 5.78 Å². The summed E-state index contributed by atoms with van der Waals surface area (Å²) in [6, 6.07) is 1.75. The molecule has 0 aliphatic heterocycles. The largest absolute Gasteiger partial charge is 0.478 e. The van der Waals surface area contributed by atoms with Crippen molar-refractivity contribution in [2.75, 3.05) is 0 Å². The predicted octanol–water partition coefficient (Wildman–Crippen LogP) is 2.86. The molecule has 0 bridgehead atoms. The summed E-state index contributed by atoms with van der Waals surface area (Å²) in [6.45, 7) is 1.48. The molecule has 0 aromatic carbocycles. The Morgan fingerprint density at radius 1 is 1.43 bits per heavy atom. The van der Waals surface area contributed by atoms with Gasteiger partial charge in [-0.25, -0.2) is 4.79 Å². The fraction of sp³-hybridized carbons (Fsp3) is 0.111. The zero-order chi connectivity index (χ0) is 10.3. The molecular formula is C9H6O3S2. The van der Waals surface area contributed by atoms with E-state index in [1.165, 1.54) is 29.6 Å². The van der Waals surface area contributed by atoms with Crippen LogP contribution in [0.1, 0.15) is 27.0 Å². The van der Waals surface area contributed by atoms with Crippen molar-refractivity contribution in [2.24, 2.45) is 0 Å². The lowest BCUT2D eigenvalue weighted by atomic mass is 10.3. The Hall–Kier alpha value is -1.20. The lowest BCUT2D eigenvalue weighted by Gasteiger charge is -1.86. The van der Waals surface area contributed by atoms with Gasteiger partial charge < -0.3 is 5.11 Å². The number of carboxylic acid groups (broad SMARTS) is 1. The quantitative estimate of drug-likeness (QED) is 0.801. The minimum atomic E-state index is -0.937. The van der Waals surface area contributed by atoms with Crippen molar-refractivity contribution in [3.8, 4) is 0 Å². The van der Waals surface area contributed by atoms with E-state index in [0.29, 0.717) is 15.1 Å². The first-order chi connectivity index (χ1) is 6.59. The third-order valence-electron chi connectivity index (χ3n) is 1.82. The first kappa shape index (κ1) is 9.36. The minimum Gasteiger partial charge on any atom is -0.478 e.